The molecule has 3 rings (SSSR count). The molecule has 32 heavy (non-hydrogen) atoms. The molecule has 8 heteroatoms. The fourth-order valence-electron chi connectivity index (χ4n) is 3.64. The van der Waals surface area contributed by atoms with Crippen molar-refractivity contribution in [2.24, 2.45) is 0 Å². The van der Waals surface area contributed by atoms with Crippen molar-refractivity contribution in [3.05, 3.63) is 77.5 Å². The van der Waals surface area contributed by atoms with Crippen molar-refractivity contribution in [1.82, 2.24) is 9.78 Å². The molecule has 170 valence electrons. The number of benzene rings is 2. The van der Waals surface area contributed by atoms with Crippen molar-refractivity contribution in [1.29, 1.82) is 0 Å². The number of halogens is 3. The van der Waals surface area contributed by atoms with Crippen LogP contribution in [0.5, 0.6) is 0 Å². The zero-order valence-corrected chi connectivity index (χ0v) is 19.0. The van der Waals surface area contributed by atoms with Gasteiger partial charge in [0, 0.05) is 23.9 Å². The lowest BCUT2D eigenvalue weighted by molar-refractivity contribution is -0.144. The topological polar surface area (TPSA) is 52.0 Å². The standard InChI is InChI=1S/C24H25F3N2O2S/c1-4-8-17(2)21-22(19-11-13-20(14-12-19)32(3,30)31)28-29(23(21)24(25,26)27)16-15-18-9-6-5-7-10-18/h5-14H,4,15-16H2,1-3H3/b17-8+. The fourth-order valence-corrected chi connectivity index (χ4v) is 4.27. The number of nitrogens with zero attached hydrogens (tertiary/aromatic N) is 2. The predicted molar refractivity (Wildman–Crippen MR) is 120 cm³/mol. The van der Waals surface area contributed by atoms with Crippen LogP contribution in [0.15, 0.2) is 65.6 Å². The lowest BCUT2D eigenvalue weighted by atomic mass is 9.98. The Morgan fingerprint density at radius 2 is 1.69 bits per heavy atom. The van der Waals surface area contributed by atoms with Crippen molar-refractivity contribution in [3.8, 4) is 11.3 Å². The van der Waals surface area contributed by atoms with E-state index < -0.39 is 21.7 Å². The second kappa shape index (κ2) is 9.32. The lowest BCUT2D eigenvalue weighted by Crippen LogP contribution is -2.17. The molecule has 0 atom stereocenters. The van der Waals surface area contributed by atoms with Gasteiger partial charge in [-0.3, -0.25) is 4.68 Å². The zero-order chi connectivity index (χ0) is 23.5. The Bertz CT molecular complexity index is 1210. The van der Waals surface area contributed by atoms with Gasteiger partial charge in [-0.05, 0) is 43.0 Å². The Balaban J connectivity index is 2.17. The van der Waals surface area contributed by atoms with Gasteiger partial charge in [0.05, 0.1) is 4.90 Å². The Kier molecular flexibility index (Phi) is 6.93. The van der Waals surface area contributed by atoms with Gasteiger partial charge in [-0.15, -0.1) is 0 Å². The Labute approximate surface area is 186 Å². The lowest BCUT2D eigenvalue weighted by Gasteiger charge is -2.13. The van der Waals surface area contributed by atoms with Crippen molar-refractivity contribution < 1.29 is 21.6 Å². The van der Waals surface area contributed by atoms with E-state index in [2.05, 4.69) is 5.10 Å². The van der Waals surface area contributed by atoms with E-state index in [0.29, 0.717) is 24.0 Å². The number of sulfone groups is 1. The minimum Gasteiger partial charge on any atom is -0.259 e. The quantitative estimate of drug-likeness (QED) is 0.431. The molecule has 0 fully saturated rings. The molecule has 0 aliphatic carbocycles. The second-order valence-electron chi connectivity index (χ2n) is 7.62. The summed E-state index contributed by atoms with van der Waals surface area (Å²) < 4.78 is 67.2. The molecule has 1 heterocycles. The van der Waals surface area contributed by atoms with Crippen LogP contribution < -0.4 is 0 Å². The van der Waals surface area contributed by atoms with Crippen LogP contribution in [-0.2, 0) is 29.0 Å². The maximum Gasteiger partial charge on any atom is 0.433 e. The highest BCUT2D eigenvalue weighted by molar-refractivity contribution is 7.90. The normalized spacial score (nSPS) is 12.9. The third-order valence-electron chi connectivity index (χ3n) is 5.14. The second-order valence-corrected chi connectivity index (χ2v) is 9.64. The maximum absolute atomic E-state index is 14.2. The highest BCUT2D eigenvalue weighted by atomic mass is 32.2. The Hall–Kier alpha value is -2.87. The molecule has 4 nitrogen and oxygen atoms in total. The van der Waals surface area contributed by atoms with E-state index in [0.717, 1.165) is 16.5 Å². The third-order valence-corrected chi connectivity index (χ3v) is 6.27. The summed E-state index contributed by atoms with van der Waals surface area (Å²) in [6.07, 6.45) is -0.810. The van der Waals surface area contributed by atoms with Crippen molar-refractivity contribution in [3.63, 3.8) is 0 Å². The van der Waals surface area contributed by atoms with Crippen molar-refractivity contribution >= 4 is 15.4 Å². The van der Waals surface area contributed by atoms with Gasteiger partial charge in [-0.2, -0.15) is 18.3 Å². The molecule has 0 unspecified atom stereocenters. The molecule has 0 spiro atoms. The van der Waals surface area contributed by atoms with Crippen LogP contribution in [0.3, 0.4) is 0 Å². The molecule has 0 amide bonds. The number of hydrogen-bond acceptors (Lipinski definition) is 3. The highest BCUT2D eigenvalue weighted by Crippen LogP contribution is 2.40. The van der Waals surface area contributed by atoms with Gasteiger partial charge in [-0.25, -0.2) is 8.42 Å². The van der Waals surface area contributed by atoms with Gasteiger partial charge in [0.25, 0.3) is 0 Å². The predicted octanol–water partition coefficient (Wildman–Crippen LogP) is 6.03. The van der Waals surface area contributed by atoms with Gasteiger partial charge >= 0.3 is 6.18 Å². The fraction of sp³-hybridized carbons (Fsp3) is 0.292. The molecule has 3 aromatic rings. The van der Waals surface area contributed by atoms with E-state index in [4.69, 9.17) is 0 Å². The summed E-state index contributed by atoms with van der Waals surface area (Å²) >= 11 is 0. The van der Waals surface area contributed by atoms with Crippen LogP contribution in [0, 0.1) is 0 Å². The van der Waals surface area contributed by atoms with Crippen LogP contribution in [0.25, 0.3) is 16.8 Å². The van der Waals surface area contributed by atoms with E-state index in [1.54, 1.807) is 13.0 Å². The van der Waals surface area contributed by atoms with E-state index in [-0.39, 0.29) is 22.7 Å². The maximum atomic E-state index is 14.2. The van der Waals surface area contributed by atoms with Crippen molar-refractivity contribution in [2.75, 3.05) is 6.26 Å². The largest absolute Gasteiger partial charge is 0.433 e. The van der Waals surface area contributed by atoms with Crippen LogP contribution in [0.1, 0.15) is 37.1 Å². The SMILES string of the molecule is CC/C=C(\C)c1c(-c2ccc(S(C)(=O)=O)cc2)nn(CCc2ccccc2)c1C(F)(F)F. The van der Waals surface area contributed by atoms with Gasteiger partial charge in [0.2, 0.25) is 0 Å². The average Bonchev–Trinajstić information content (AvgIpc) is 3.13. The van der Waals surface area contributed by atoms with E-state index >= 15 is 0 Å². The van der Waals surface area contributed by atoms with E-state index in [9.17, 15) is 21.6 Å². The minimum atomic E-state index is -4.60. The molecule has 1 aromatic heterocycles. The number of rotatable bonds is 7. The summed E-state index contributed by atoms with van der Waals surface area (Å²) in [6, 6.07) is 15.1. The Morgan fingerprint density at radius 1 is 1.06 bits per heavy atom. The summed E-state index contributed by atoms with van der Waals surface area (Å²) in [5, 5.41) is 4.36. The first-order chi connectivity index (χ1) is 15.0. The van der Waals surface area contributed by atoms with Crippen LogP contribution in [-0.4, -0.2) is 24.5 Å². The molecule has 0 radical (unpaired) electrons. The Morgan fingerprint density at radius 3 is 2.22 bits per heavy atom. The monoisotopic (exact) mass is 462 g/mol. The van der Waals surface area contributed by atoms with E-state index in [1.165, 1.54) is 24.3 Å². The molecule has 0 N–H and O–H groups in total. The molecule has 0 saturated carbocycles. The van der Waals surface area contributed by atoms with Gasteiger partial charge in [0.15, 0.2) is 15.5 Å². The number of aromatic nitrogens is 2. The molecule has 2 aromatic carbocycles. The minimum absolute atomic E-state index is 0.0273. The number of aryl methyl sites for hydroxylation is 2. The number of allylic oxidation sites excluding steroid dienone is 2. The first-order valence-corrected chi connectivity index (χ1v) is 12.1. The van der Waals surface area contributed by atoms with Gasteiger partial charge < -0.3 is 0 Å². The van der Waals surface area contributed by atoms with Crippen LogP contribution >= 0.6 is 0 Å². The molecule has 0 aliphatic rings. The smallest absolute Gasteiger partial charge is 0.259 e. The average molecular weight is 463 g/mol. The summed E-state index contributed by atoms with van der Waals surface area (Å²) in [7, 11) is -3.42. The van der Waals surface area contributed by atoms with E-state index in [1.807, 2.05) is 37.3 Å². The molecular weight excluding hydrogens is 437 g/mol. The zero-order valence-electron chi connectivity index (χ0n) is 18.1. The van der Waals surface area contributed by atoms with Gasteiger partial charge in [-0.1, -0.05) is 55.5 Å². The molecular formula is C24H25F3N2O2S. The summed E-state index contributed by atoms with van der Waals surface area (Å²) in [4.78, 5) is 0.100. The summed E-state index contributed by atoms with van der Waals surface area (Å²) in [5.41, 5.74) is 1.25. The van der Waals surface area contributed by atoms with Crippen LogP contribution in [0.2, 0.25) is 0 Å². The molecule has 0 bridgehead atoms. The highest BCUT2D eigenvalue weighted by Gasteiger charge is 2.40. The molecule has 0 saturated heterocycles. The third kappa shape index (κ3) is 5.30. The van der Waals surface area contributed by atoms with Crippen molar-refractivity contribution in [2.45, 2.75) is 44.3 Å². The summed E-state index contributed by atoms with van der Waals surface area (Å²) in [6.45, 7) is 3.56. The first-order valence-electron chi connectivity index (χ1n) is 10.2. The first kappa shape index (κ1) is 23.8. The number of hydrogen-bond donors (Lipinski definition) is 0. The number of alkyl halides is 3. The van der Waals surface area contributed by atoms with Crippen LogP contribution in [0.4, 0.5) is 13.2 Å². The molecule has 0 aliphatic heterocycles. The summed E-state index contributed by atoms with van der Waals surface area (Å²) in [5.74, 6) is 0. The van der Waals surface area contributed by atoms with Gasteiger partial charge in [0.1, 0.15) is 5.69 Å².